The zero-order chi connectivity index (χ0) is 13.8. The van der Waals surface area contributed by atoms with E-state index < -0.39 is 6.43 Å². The molecule has 0 saturated heterocycles. The van der Waals surface area contributed by atoms with Crippen LogP contribution in [0, 0.1) is 6.92 Å². The van der Waals surface area contributed by atoms with E-state index in [-0.39, 0.29) is 5.56 Å². The van der Waals surface area contributed by atoms with E-state index in [4.69, 9.17) is 0 Å². The molecule has 0 unspecified atom stereocenters. The Labute approximate surface area is 119 Å². The summed E-state index contributed by atoms with van der Waals surface area (Å²) < 4.78 is 25.9. The Morgan fingerprint density at radius 2 is 1.79 bits per heavy atom. The van der Waals surface area contributed by atoms with Crippen LogP contribution in [0.3, 0.4) is 0 Å². The third kappa shape index (κ3) is 3.53. The molecule has 100 valence electrons. The number of hydrogen-bond acceptors (Lipinski definition) is 1. The Morgan fingerprint density at radius 3 is 2.42 bits per heavy atom. The van der Waals surface area contributed by atoms with E-state index in [1.807, 2.05) is 25.1 Å². The Kier molecular flexibility index (Phi) is 4.53. The number of nitrogens with one attached hydrogen (secondary N) is 1. The van der Waals surface area contributed by atoms with Gasteiger partial charge in [-0.15, -0.1) is 0 Å². The molecule has 4 heteroatoms. The van der Waals surface area contributed by atoms with Gasteiger partial charge in [0.1, 0.15) is 0 Å². The molecule has 0 fully saturated rings. The van der Waals surface area contributed by atoms with Crippen LogP contribution in [0.1, 0.15) is 23.1 Å². The second-order valence-corrected chi connectivity index (χ2v) is 5.16. The van der Waals surface area contributed by atoms with E-state index in [0.717, 1.165) is 21.3 Å². The maximum Gasteiger partial charge on any atom is 0.263 e. The van der Waals surface area contributed by atoms with Crippen LogP contribution in [0.5, 0.6) is 0 Å². The smallest absolute Gasteiger partial charge is 0.263 e. The Hall–Kier alpha value is -1.42. The number of halogens is 3. The fraction of sp³-hybridized carbons (Fsp3) is 0.200. The molecule has 0 spiro atoms. The highest BCUT2D eigenvalue weighted by Gasteiger charge is 2.06. The standard InChI is InChI=1S/C15H14BrF2N/c1-10-13(16)3-2-4-14(10)19-9-11-5-7-12(8-6-11)15(17)18/h2-8,15,19H,9H2,1H3. The minimum absolute atomic E-state index is 0.0578. The van der Waals surface area contributed by atoms with Crippen LogP contribution in [0.2, 0.25) is 0 Å². The number of rotatable bonds is 4. The largest absolute Gasteiger partial charge is 0.381 e. The molecule has 0 heterocycles. The lowest BCUT2D eigenvalue weighted by Gasteiger charge is -2.11. The first-order valence-electron chi connectivity index (χ1n) is 5.94. The van der Waals surface area contributed by atoms with E-state index in [9.17, 15) is 8.78 Å². The van der Waals surface area contributed by atoms with Gasteiger partial charge < -0.3 is 5.32 Å². The van der Waals surface area contributed by atoms with Crippen LogP contribution in [0.25, 0.3) is 0 Å². The minimum Gasteiger partial charge on any atom is -0.381 e. The summed E-state index contributed by atoms with van der Waals surface area (Å²) in [5.41, 5.74) is 3.20. The third-order valence-electron chi connectivity index (χ3n) is 2.98. The Bertz CT molecular complexity index is 553. The number of alkyl halides is 2. The summed E-state index contributed by atoms with van der Waals surface area (Å²) in [4.78, 5) is 0. The summed E-state index contributed by atoms with van der Waals surface area (Å²) in [5, 5.41) is 3.30. The van der Waals surface area contributed by atoms with Gasteiger partial charge >= 0.3 is 0 Å². The quantitative estimate of drug-likeness (QED) is 0.803. The zero-order valence-corrected chi connectivity index (χ0v) is 12.0. The monoisotopic (exact) mass is 325 g/mol. The normalized spacial score (nSPS) is 10.8. The highest BCUT2D eigenvalue weighted by molar-refractivity contribution is 9.10. The second-order valence-electron chi connectivity index (χ2n) is 4.31. The van der Waals surface area contributed by atoms with Crippen molar-refractivity contribution < 1.29 is 8.78 Å². The molecule has 1 nitrogen and oxygen atoms in total. The van der Waals surface area contributed by atoms with Gasteiger partial charge in [0.05, 0.1) is 0 Å². The first kappa shape index (κ1) is 14.0. The van der Waals surface area contributed by atoms with Crippen molar-refractivity contribution in [1.82, 2.24) is 0 Å². The highest BCUT2D eigenvalue weighted by Crippen LogP contribution is 2.24. The summed E-state index contributed by atoms with van der Waals surface area (Å²) in [6.45, 7) is 2.63. The van der Waals surface area contributed by atoms with Gasteiger partial charge in [-0.1, -0.05) is 46.3 Å². The van der Waals surface area contributed by atoms with Crippen molar-refractivity contribution in [3.05, 3.63) is 63.6 Å². The molecule has 0 aliphatic rings. The number of hydrogen-bond donors (Lipinski definition) is 1. The summed E-state index contributed by atoms with van der Waals surface area (Å²) in [7, 11) is 0. The Morgan fingerprint density at radius 1 is 1.11 bits per heavy atom. The summed E-state index contributed by atoms with van der Waals surface area (Å²) in [5.74, 6) is 0. The topological polar surface area (TPSA) is 12.0 Å². The van der Waals surface area contributed by atoms with E-state index in [0.29, 0.717) is 6.54 Å². The van der Waals surface area contributed by atoms with Gasteiger partial charge in [-0.05, 0) is 30.2 Å². The summed E-state index contributed by atoms with van der Waals surface area (Å²) in [6.07, 6.45) is -2.41. The average molecular weight is 326 g/mol. The van der Waals surface area contributed by atoms with Crippen molar-refractivity contribution in [2.75, 3.05) is 5.32 Å². The molecule has 19 heavy (non-hydrogen) atoms. The average Bonchev–Trinajstić information content (AvgIpc) is 2.41. The molecular formula is C15H14BrF2N. The predicted octanol–water partition coefficient (Wildman–Crippen LogP) is 5.31. The van der Waals surface area contributed by atoms with Crippen molar-refractivity contribution in [3.63, 3.8) is 0 Å². The number of anilines is 1. The van der Waals surface area contributed by atoms with Crippen molar-refractivity contribution in [3.8, 4) is 0 Å². The molecule has 2 aromatic rings. The lowest BCUT2D eigenvalue weighted by atomic mass is 10.1. The lowest BCUT2D eigenvalue weighted by Crippen LogP contribution is -2.01. The SMILES string of the molecule is Cc1c(Br)cccc1NCc1ccc(C(F)F)cc1. The highest BCUT2D eigenvalue weighted by atomic mass is 79.9. The first-order valence-corrected chi connectivity index (χ1v) is 6.73. The third-order valence-corrected chi connectivity index (χ3v) is 3.84. The first-order chi connectivity index (χ1) is 9.08. The van der Waals surface area contributed by atoms with E-state index in [2.05, 4.69) is 21.2 Å². The molecule has 2 rings (SSSR count). The molecule has 2 aromatic carbocycles. The molecular weight excluding hydrogens is 312 g/mol. The maximum atomic E-state index is 12.4. The van der Waals surface area contributed by atoms with Crippen molar-refractivity contribution in [1.29, 1.82) is 0 Å². The van der Waals surface area contributed by atoms with Crippen LogP contribution in [-0.2, 0) is 6.54 Å². The van der Waals surface area contributed by atoms with Crippen LogP contribution >= 0.6 is 15.9 Å². The minimum atomic E-state index is -2.41. The van der Waals surface area contributed by atoms with Crippen molar-refractivity contribution in [2.24, 2.45) is 0 Å². The van der Waals surface area contributed by atoms with Crippen molar-refractivity contribution >= 4 is 21.6 Å². The van der Waals surface area contributed by atoms with Gasteiger partial charge in [0.2, 0.25) is 0 Å². The van der Waals surface area contributed by atoms with E-state index >= 15 is 0 Å². The van der Waals surface area contributed by atoms with E-state index in [1.165, 1.54) is 12.1 Å². The van der Waals surface area contributed by atoms with Gasteiger partial charge in [-0.25, -0.2) is 8.78 Å². The molecule has 0 aliphatic heterocycles. The molecule has 0 aliphatic carbocycles. The molecule has 0 atom stereocenters. The maximum absolute atomic E-state index is 12.4. The molecule has 0 amide bonds. The molecule has 0 saturated carbocycles. The van der Waals surface area contributed by atoms with Gasteiger partial charge in [0.25, 0.3) is 6.43 Å². The summed E-state index contributed by atoms with van der Waals surface area (Å²) in [6, 6.07) is 12.3. The van der Waals surface area contributed by atoms with Crippen LogP contribution in [0.15, 0.2) is 46.9 Å². The molecule has 0 aromatic heterocycles. The predicted molar refractivity (Wildman–Crippen MR) is 77.6 cm³/mol. The molecule has 1 N–H and O–H groups in total. The Balaban J connectivity index is 2.04. The molecule has 0 radical (unpaired) electrons. The lowest BCUT2D eigenvalue weighted by molar-refractivity contribution is 0.151. The van der Waals surface area contributed by atoms with Gasteiger partial charge in [0, 0.05) is 22.3 Å². The van der Waals surface area contributed by atoms with Gasteiger partial charge in [-0.3, -0.25) is 0 Å². The fourth-order valence-corrected chi connectivity index (χ4v) is 2.14. The molecule has 0 bridgehead atoms. The van der Waals surface area contributed by atoms with Gasteiger partial charge in [-0.2, -0.15) is 0 Å². The van der Waals surface area contributed by atoms with Crippen LogP contribution in [0.4, 0.5) is 14.5 Å². The number of benzene rings is 2. The van der Waals surface area contributed by atoms with Crippen LogP contribution < -0.4 is 5.32 Å². The zero-order valence-electron chi connectivity index (χ0n) is 10.5. The fourth-order valence-electron chi connectivity index (χ4n) is 1.78. The van der Waals surface area contributed by atoms with Gasteiger partial charge in [0.15, 0.2) is 0 Å². The summed E-state index contributed by atoms with van der Waals surface area (Å²) >= 11 is 3.47. The second kappa shape index (κ2) is 6.15. The van der Waals surface area contributed by atoms with Crippen LogP contribution in [-0.4, -0.2) is 0 Å². The van der Waals surface area contributed by atoms with E-state index in [1.54, 1.807) is 12.1 Å². The van der Waals surface area contributed by atoms with Crippen molar-refractivity contribution in [2.45, 2.75) is 19.9 Å².